The summed E-state index contributed by atoms with van der Waals surface area (Å²) in [6.45, 7) is 6.38. The Bertz CT molecular complexity index is 172. The summed E-state index contributed by atoms with van der Waals surface area (Å²) in [7, 11) is 2.17. The van der Waals surface area contributed by atoms with Gasteiger partial charge in [0.15, 0.2) is 5.11 Å². The molecular weight excluding hydrogens is 182 g/mol. The molecule has 4 heteroatoms. The number of nitrogens with zero attached hydrogens (tertiary/aromatic N) is 1. The van der Waals surface area contributed by atoms with Crippen LogP contribution in [0.3, 0.4) is 0 Å². The lowest BCUT2D eigenvalue weighted by molar-refractivity contribution is 0.394. The van der Waals surface area contributed by atoms with Crippen molar-refractivity contribution < 1.29 is 0 Å². The molecule has 0 bridgehead atoms. The molecule has 0 aliphatic carbocycles. The molecule has 0 amide bonds. The van der Waals surface area contributed by atoms with E-state index in [9.17, 15) is 0 Å². The van der Waals surface area contributed by atoms with Gasteiger partial charge in [-0.1, -0.05) is 0 Å². The van der Waals surface area contributed by atoms with E-state index in [0.29, 0.717) is 0 Å². The minimum Gasteiger partial charge on any atom is -0.363 e. The van der Waals surface area contributed by atoms with Crippen molar-refractivity contribution in [1.29, 1.82) is 0 Å². The van der Waals surface area contributed by atoms with Gasteiger partial charge in [-0.15, -0.1) is 0 Å². The first-order valence-electron chi connectivity index (χ1n) is 4.92. The van der Waals surface area contributed by atoms with Crippen LogP contribution in [0.25, 0.3) is 0 Å². The van der Waals surface area contributed by atoms with Crippen LogP contribution in [-0.2, 0) is 0 Å². The van der Waals surface area contributed by atoms with Gasteiger partial charge in [0.25, 0.3) is 0 Å². The first-order valence-corrected chi connectivity index (χ1v) is 5.33. The summed E-state index contributed by atoms with van der Waals surface area (Å²) in [6, 6.07) is 0. The van der Waals surface area contributed by atoms with Crippen molar-refractivity contribution in [1.82, 2.24) is 15.5 Å². The van der Waals surface area contributed by atoms with Gasteiger partial charge in [-0.25, -0.2) is 0 Å². The average Bonchev–Trinajstić information content (AvgIpc) is 2.49. The third-order valence-corrected chi connectivity index (χ3v) is 2.67. The molecule has 1 rings (SSSR count). The Kier molecular flexibility index (Phi) is 4.45. The lowest BCUT2D eigenvalue weighted by atomic mass is 10.1. The number of thiocarbonyl (C=S) groups is 1. The highest BCUT2D eigenvalue weighted by molar-refractivity contribution is 7.80. The van der Waals surface area contributed by atoms with Crippen molar-refractivity contribution in [2.45, 2.75) is 13.3 Å². The first kappa shape index (κ1) is 10.7. The summed E-state index contributed by atoms with van der Waals surface area (Å²) >= 11 is 5.08. The summed E-state index contributed by atoms with van der Waals surface area (Å²) in [5, 5.41) is 7.12. The van der Waals surface area contributed by atoms with E-state index in [0.717, 1.165) is 24.1 Å². The Morgan fingerprint density at radius 1 is 1.54 bits per heavy atom. The second-order valence-electron chi connectivity index (χ2n) is 3.66. The molecule has 1 unspecified atom stereocenters. The fourth-order valence-electron chi connectivity index (χ4n) is 1.65. The Labute approximate surface area is 85.9 Å². The molecule has 0 radical (unpaired) electrons. The number of rotatable bonds is 3. The van der Waals surface area contributed by atoms with E-state index in [2.05, 4.69) is 29.5 Å². The molecule has 1 saturated heterocycles. The van der Waals surface area contributed by atoms with E-state index < -0.39 is 0 Å². The summed E-state index contributed by atoms with van der Waals surface area (Å²) in [6.07, 6.45) is 1.29. The normalized spacial score (nSPS) is 23.1. The summed E-state index contributed by atoms with van der Waals surface area (Å²) in [4.78, 5) is 2.36. The zero-order valence-electron chi connectivity index (χ0n) is 8.47. The summed E-state index contributed by atoms with van der Waals surface area (Å²) < 4.78 is 0. The van der Waals surface area contributed by atoms with Crippen molar-refractivity contribution >= 4 is 17.3 Å². The minimum absolute atomic E-state index is 0.765. The fraction of sp³-hybridized carbons (Fsp3) is 0.889. The van der Waals surface area contributed by atoms with Crippen molar-refractivity contribution in [3.8, 4) is 0 Å². The van der Waals surface area contributed by atoms with E-state index in [1.54, 1.807) is 0 Å². The van der Waals surface area contributed by atoms with Crippen LogP contribution >= 0.6 is 12.2 Å². The lowest BCUT2D eigenvalue weighted by Gasteiger charge is -2.13. The van der Waals surface area contributed by atoms with Crippen LogP contribution in [0.15, 0.2) is 0 Å². The molecule has 2 N–H and O–H groups in total. The van der Waals surface area contributed by atoms with Crippen LogP contribution in [0.4, 0.5) is 0 Å². The topological polar surface area (TPSA) is 27.3 Å². The van der Waals surface area contributed by atoms with Gasteiger partial charge in [-0.2, -0.15) is 0 Å². The van der Waals surface area contributed by atoms with Crippen molar-refractivity contribution in [3.63, 3.8) is 0 Å². The minimum atomic E-state index is 0.765. The Hall–Kier alpha value is -0.350. The first-order chi connectivity index (χ1) is 6.22. The summed E-state index contributed by atoms with van der Waals surface area (Å²) in [5.74, 6) is 0.765. The van der Waals surface area contributed by atoms with Gasteiger partial charge < -0.3 is 15.5 Å². The highest BCUT2D eigenvalue weighted by atomic mass is 32.1. The molecule has 3 nitrogen and oxygen atoms in total. The van der Waals surface area contributed by atoms with Crippen molar-refractivity contribution in [3.05, 3.63) is 0 Å². The molecule has 1 atom stereocenters. The van der Waals surface area contributed by atoms with Crippen molar-refractivity contribution in [2.75, 3.05) is 33.2 Å². The maximum absolute atomic E-state index is 5.08. The second-order valence-corrected chi connectivity index (χ2v) is 4.07. The molecule has 1 heterocycles. The molecule has 0 aromatic carbocycles. The largest absolute Gasteiger partial charge is 0.363 e. The lowest BCUT2D eigenvalue weighted by Crippen LogP contribution is -2.38. The third-order valence-electron chi connectivity index (χ3n) is 2.38. The molecule has 0 aromatic heterocycles. The van der Waals surface area contributed by atoms with E-state index in [1.807, 2.05) is 0 Å². The van der Waals surface area contributed by atoms with Gasteiger partial charge in [-0.3, -0.25) is 0 Å². The van der Waals surface area contributed by atoms with E-state index >= 15 is 0 Å². The fourth-order valence-corrected chi connectivity index (χ4v) is 1.88. The molecule has 76 valence electrons. The Morgan fingerprint density at radius 3 is 2.85 bits per heavy atom. The molecule has 0 spiro atoms. The highest BCUT2D eigenvalue weighted by Gasteiger charge is 2.18. The number of hydrogen-bond acceptors (Lipinski definition) is 2. The van der Waals surface area contributed by atoms with Gasteiger partial charge in [-0.05, 0) is 45.1 Å². The van der Waals surface area contributed by atoms with Crippen LogP contribution < -0.4 is 10.6 Å². The van der Waals surface area contributed by atoms with E-state index in [1.165, 1.54) is 19.5 Å². The molecule has 1 aliphatic heterocycles. The molecule has 0 saturated carbocycles. The van der Waals surface area contributed by atoms with Gasteiger partial charge in [0.1, 0.15) is 0 Å². The average molecular weight is 201 g/mol. The van der Waals surface area contributed by atoms with Crippen LogP contribution in [0.5, 0.6) is 0 Å². The monoisotopic (exact) mass is 201 g/mol. The van der Waals surface area contributed by atoms with E-state index in [4.69, 9.17) is 12.2 Å². The predicted octanol–water partition coefficient (Wildman–Crippen LogP) is 0.422. The van der Waals surface area contributed by atoms with Crippen LogP contribution in [0, 0.1) is 5.92 Å². The van der Waals surface area contributed by atoms with Crippen molar-refractivity contribution in [2.24, 2.45) is 5.92 Å². The third kappa shape index (κ3) is 3.91. The number of hydrogen-bond donors (Lipinski definition) is 2. The second kappa shape index (κ2) is 5.40. The standard InChI is InChI=1S/C9H19N3S/c1-3-10-9(13)11-6-8-4-5-12(2)7-8/h8H,3-7H2,1-2H3,(H2,10,11,13). The zero-order chi connectivity index (χ0) is 9.68. The predicted molar refractivity (Wildman–Crippen MR) is 59.9 cm³/mol. The van der Waals surface area contributed by atoms with Gasteiger partial charge in [0.2, 0.25) is 0 Å². The maximum Gasteiger partial charge on any atom is 0.166 e. The van der Waals surface area contributed by atoms with Gasteiger partial charge in [0, 0.05) is 19.6 Å². The molecular formula is C9H19N3S. The highest BCUT2D eigenvalue weighted by Crippen LogP contribution is 2.12. The Morgan fingerprint density at radius 2 is 2.31 bits per heavy atom. The smallest absolute Gasteiger partial charge is 0.166 e. The molecule has 13 heavy (non-hydrogen) atoms. The molecule has 0 aromatic rings. The zero-order valence-corrected chi connectivity index (χ0v) is 9.28. The van der Waals surface area contributed by atoms with Gasteiger partial charge in [0.05, 0.1) is 0 Å². The quantitative estimate of drug-likeness (QED) is 0.647. The van der Waals surface area contributed by atoms with Crippen LogP contribution in [0.2, 0.25) is 0 Å². The van der Waals surface area contributed by atoms with Gasteiger partial charge >= 0.3 is 0 Å². The Balaban J connectivity index is 2.09. The molecule has 1 fully saturated rings. The van der Waals surface area contributed by atoms with Crippen LogP contribution in [-0.4, -0.2) is 43.2 Å². The number of likely N-dealkylation sites (tertiary alicyclic amines) is 1. The summed E-state index contributed by atoms with van der Waals surface area (Å²) in [5.41, 5.74) is 0. The van der Waals surface area contributed by atoms with Crippen LogP contribution in [0.1, 0.15) is 13.3 Å². The molecule has 1 aliphatic rings. The number of nitrogens with one attached hydrogen (secondary N) is 2. The maximum atomic E-state index is 5.08. The van der Waals surface area contributed by atoms with E-state index in [-0.39, 0.29) is 0 Å². The SMILES string of the molecule is CCNC(=S)NCC1CCN(C)C1.